The topological polar surface area (TPSA) is 23.9 Å². The Morgan fingerprint density at radius 3 is 1.39 bits per heavy atom. The Balaban J connectivity index is 0.000000278. The molecule has 0 aromatic heterocycles. The van der Waals surface area contributed by atoms with E-state index in [1.807, 2.05) is 0 Å². The van der Waals surface area contributed by atoms with E-state index in [2.05, 4.69) is 238 Å². The van der Waals surface area contributed by atoms with E-state index in [1.54, 1.807) is 0 Å². The summed E-state index contributed by atoms with van der Waals surface area (Å²) in [6.45, 7) is 4.71. The predicted molar refractivity (Wildman–Crippen MR) is 260 cm³/mol. The van der Waals surface area contributed by atoms with Gasteiger partial charge < -0.3 is 5.41 Å². The van der Waals surface area contributed by atoms with Crippen LogP contribution in [0.15, 0.2) is 224 Å². The summed E-state index contributed by atoms with van der Waals surface area (Å²) in [7, 11) is 0. The first-order valence-electron chi connectivity index (χ1n) is 21.8. The highest BCUT2D eigenvalue weighted by molar-refractivity contribution is 6.00. The van der Waals surface area contributed by atoms with Crippen LogP contribution in [0.4, 0.5) is 0 Å². The number of aryl methyl sites for hydroxylation is 2. The third kappa shape index (κ3) is 6.62. The van der Waals surface area contributed by atoms with Crippen molar-refractivity contribution in [1.29, 1.82) is 5.41 Å². The molecule has 2 aliphatic carbocycles. The molecule has 9 aromatic carbocycles. The Morgan fingerprint density at radius 1 is 0.355 bits per heavy atom. The zero-order valence-corrected chi connectivity index (χ0v) is 35.4. The summed E-state index contributed by atoms with van der Waals surface area (Å²) < 4.78 is 0. The van der Waals surface area contributed by atoms with Crippen LogP contribution in [0.1, 0.15) is 63.9 Å². The molecule has 11 rings (SSSR count). The summed E-state index contributed by atoms with van der Waals surface area (Å²) in [4.78, 5) is 0. The van der Waals surface area contributed by atoms with Crippen LogP contribution in [0.25, 0.3) is 44.5 Å². The van der Waals surface area contributed by atoms with Gasteiger partial charge in [0.1, 0.15) is 0 Å². The fraction of sp³-hybridized carbons (Fsp3) is 0.0984. The van der Waals surface area contributed by atoms with E-state index in [1.165, 1.54) is 89.7 Å². The molecule has 0 saturated heterocycles. The maximum Gasteiger partial charge on any atom is 0.0719 e. The average molecular weight is 796 g/mol. The molecule has 0 amide bonds. The second-order valence-corrected chi connectivity index (χ2v) is 17.1. The first-order valence-corrected chi connectivity index (χ1v) is 21.8. The first-order chi connectivity index (χ1) is 30.5. The van der Waals surface area contributed by atoms with Gasteiger partial charge >= 0.3 is 0 Å². The third-order valence-corrected chi connectivity index (χ3v) is 13.3. The SMILES string of the molecule is CC1(C)c2ccccc2C2(c3ccc(-c4ccc(-c5ccccc5)cc4-c4ccccc4)cc3-c3c(C=N)cccc32)c2ccccc21.c1ccc(CCc2ccccc2)cc1. The monoisotopic (exact) mass is 795 g/mol. The number of rotatable bonds is 7. The molecule has 0 unspecified atom stereocenters. The van der Waals surface area contributed by atoms with Gasteiger partial charge in [-0.15, -0.1) is 0 Å². The molecular weight excluding hydrogens is 747 g/mol. The van der Waals surface area contributed by atoms with Crippen LogP contribution in [0.5, 0.6) is 0 Å². The highest BCUT2D eigenvalue weighted by Crippen LogP contribution is 2.63. The van der Waals surface area contributed by atoms with Crippen LogP contribution < -0.4 is 0 Å². The van der Waals surface area contributed by atoms with Crippen molar-refractivity contribution in [1.82, 2.24) is 0 Å². The fourth-order valence-electron chi connectivity index (χ4n) is 10.3. The lowest BCUT2D eigenvalue weighted by atomic mass is 9.55. The average Bonchev–Trinajstić information content (AvgIpc) is 3.64. The van der Waals surface area contributed by atoms with Gasteiger partial charge in [0.15, 0.2) is 0 Å². The van der Waals surface area contributed by atoms with E-state index >= 15 is 0 Å². The highest BCUT2D eigenvalue weighted by atomic mass is 14.5. The Bertz CT molecular complexity index is 2950. The molecule has 1 N–H and O–H groups in total. The Kier molecular flexibility index (Phi) is 10.2. The Hall–Kier alpha value is -7.35. The van der Waals surface area contributed by atoms with Gasteiger partial charge in [-0.05, 0) is 114 Å². The second kappa shape index (κ2) is 16.3. The molecule has 0 radical (unpaired) electrons. The molecule has 0 aliphatic heterocycles. The first kappa shape index (κ1) is 38.8. The molecule has 0 atom stereocenters. The van der Waals surface area contributed by atoms with Crippen LogP contribution in [0, 0.1) is 5.41 Å². The van der Waals surface area contributed by atoms with Gasteiger partial charge in [-0.2, -0.15) is 0 Å². The van der Waals surface area contributed by atoms with Gasteiger partial charge in [0.25, 0.3) is 0 Å². The van der Waals surface area contributed by atoms with Crippen LogP contribution in [-0.2, 0) is 23.7 Å². The van der Waals surface area contributed by atoms with E-state index in [0.717, 1.165) is 24.0 Å². The highest BCUT2D eigenvalue weighted by Gasteiger charge is 2.53. The van der Waals surface area contributed by atoms with Crippen molar-refractivity contribution >= 4 is 6.21 Å². The minimum absolute atomic E-state index is 0.147. The molecule has 1 nitrogen and oxygen atoms in total. The summed E-state index contributed by atoms with van der Waals surface area (Å²) in [5.74, 6) is 0. The van der Waals surface area contributed by atoms with E-state index in [9.17, 15) is 0 Å². The molecule has 2 aliphatic rings. The normalized spacial score (nSPS) is 13.5. The molecule has 1 spiro atoms. The molecule has 0 saturated carbocycles. The van der Waals surface area contributed by atoms with E-state index in [-0.39, 0.29) is 5.41 Å². The van der Waals surface area contributed by atoms with Crippen LogP contribution in [-0.4, -0.2) is 6.21 Å². The molecule has 9 aromatic rings. The minimum atomic E-state index is -0.482. The van der Waals surface area contributed by atoms with E-state index in [4.69, 9.17) is 5.41 Å². The van der Waals surface area contributed by atoms with Crippen LogP contribution in [0.2, 0.25) is 0 Å². The summed E-state index contributed by atoms with van der Waals surface area (Å²) in [6, 6.07) is 81.2. The Morgan fingerprint density at radius 2 is 0.823 bits per heavy atom. The fourth-order valence-corrected chi connectivity index (χ4v) is 10.3. The summed E-state index contributed by atoms with van der Waals surface area (Å²) >= 11 is 0. The van der Waals surface area contributed by atoms with Crippen molar-refractivity contribution in [3.63, 3.8) is 0 Å². The molecule has 298 valence electrons. The minimum Gasteiger partial charge on any atom is -0.308 e. The summed E-state index contributed by atoms with van der Waals surface area (Å²) in [5, 5.41) is 8.55. The number of hydrogen-bond acceptors (Lipinski definition) is 1. The predicted octanol–water partition coefficient (Wildman–Crippen LogP) is 15.2. The number of fused-ring (bicyclic) bond motifs is 9. The zero-order chi connectivity index (χ0) is 42.1. The second-order valence-electron chi connectivity index (χ2n) is 17.1. The van der Waals surface area contributed by atoms with Crippen LogP contribution >= 0.6 is 0 Å². The van der Waals surface area contributed by atoms with Crippen LogP contribution in [0.3, 0.4) is 0 Å². The van der Waals surface area contributed by atoms with Crippen molar-refractivity contribution < 1.29 is 0 Å². The maximum atomic E-state index is 8.55. The smallest absolute Gasteiger partial charge is 0.0719 e. The quantitative estimate of drug-likeness (QED) is 0.155. The van der Waals surface area contributed by atoms with Gasteiger partial charge in [0.05, 0.1) is 5.41 Å². The lowest BCUT2D eigenvalue weighted by Crippen LogP contribution is -2.40. The van der Waals surface area contributed by atoms with Crippen molar-refractivity contribution in [3.8, 4) is 44.5 Å². The molecular formula is C61H49N. The molecule has 62 heavy (non-hydrogen) atoms. The molecule has 0 heterocycles. The van der Waals surface area contributed by atoms with Crippen molar-refractivity contribution in [2.45, 2.75) is 37.5 Å². The van der Waals surface area contributed by atoms with Crippen molar-refractivity contribution in [2.75, 3.05) is 0 Å². The van der Waals surface area contributed by atoms with E-state index < -0.39 is 5.41 Å². The molecule has 0 fully saturated rings. The van der Waals surface area contributed by atoms with Crippen molar-refractivity contribution in [3.05, 3.63) is 275 Å². The standard InChI is InChI=1S/C47H35N.C14H14/c1-46(2)40-19-9-11-21-42(40)47(43-22-12-10-20-41(43)46)39-27-25-34(29-38(39)45-35(30-48)18-13-23-44(45)47)36-26-24-33(31-14-5-3-6-15-31)28-37(36)32-16-7-4-8-17-32;1-3-7-13(8-4-1)11-12-14-9-5-2-6-10-14/h3-30,48H,1-2H3;1-10H,11-12H2. The summed E-state index contributed by atoms with van der Waals surface area (Å²) in [6.07, 6.45) is 3.79. The number of hydrogen-bond donors (Lipinski definition) is 1. The van der Waals surface area contributed by atoms with Crippen molar-refractivity contribution in [2.24, 2.45) is 0 Å². The third-order valence-electron chi connectivity index (χ3n) is 13.3. The largest absolute Gasteiger partial charge is 0.308 e. The lowest BCUT2D eigenvalue weighted by Gasteiger charge is -2.46. The van der Waals surface area contributed by atoms with Gasteiger partial charge in [-0.25, -0.2) is 0 Å². The van der Waals surface area contributed by atoms with E-state index in [0.29, 0.717) is 0 Å². The van der Waals surface area contributed by atoms with Gasteiger partial charge in [-0.1, -0.05) is 226 Å². The Labute approximate surface area is 366 Å². The molecule has 0 bridgehead atoms. The lowest BCUT2D eigenvalue weighted by molar-refractivity contribution is 0.563. The summed E-state index contributed by atoms with van der Waals surface area (Å²) in [5.41, 5.74) is 20.6. The number of benzene rings is 9. The van der Waals surface area contributed by atoms with Gasteiger partial charge in [0.2, 0.25) is 0 Å². The van der Waals surface area contributed by atoms with Gasteiger partial charge in [-0.3, -0.25) is 0 Å². The maximum absolute atomic E-state index is 8.55. The number of nitrogens with one attached hydrogen (secondary N) is 1. The molecule has 1 heteroatoms. The van der Waals surface area contributed by atoms with Gasteiger partial charge in [0, 0.05) is 17.2 Å². The zero-order valence-electron chi connectivity index (χ0n) is 35.4.